The normalized spacial score (nSPS) is 27.8. The smallest absolute Gasteiger partial charge is 0.134 e. The lowest BCUT2D eigenvalue weighted by Gasteiger charge is -2.51. The molecule has 2 heteroatoms. The molecule has 1 saturated heterocycles. The molecular weight excluding hydrogens is 378 g/mol. The highest BCUT2D eigenvalue weighted by molar-refractivity contribution is 5.39. The summed E-state index contributed by atoms with van der Waals surface area (Å²) < 4.78 is 0. The van der Waals surface area contributed by atoms with Crippen LogP contribution in [-0.4, -0.2) is 10.7 Å². The van der Waals surface area contributed by atoms with Crippen molar-refractivity contribution in [1.82, 2.24) is 5.32 Å². The van der Waals surface area contributed by atoms with E-state index < -0.39 is 5.60 Å². The average Bonchev–Trinajstić information content (AvgIpc) is 2.83. The number of piperidine rings is 1. The lowest BCUT2D eigenvalue weighted by atomic mass is 9.64. The summed E-state index contributed by atoms with van der Waals surface area (Å²) in [5.74, 6) is 6.58. The highest BCUT2D eigenvalue weighted by Gasteiger charge is 2.52. The molecule has 158 valence electrons. The van der Waals surface area contributed by atoms with Gasteiger partial charge in [-0.25, -0.2) is 0 Å². The van der Waals surface area contributed by atoms with Crippen molar-refractivity contribution in [3.05, 3.63) is 108 Å². The molecule has 0 radical (unpaired) electrons. The molecule has 5 atom stereocenters. The highest BCUT2D eigenvalue weighted by atomic mass is 16.3. The third-order valence-electron chi connectivity index (χ3n) is 6.62. The van der Waals surface area contributed by atoms with Crippen LogP contribution in [0.25, 0.3) is 0 Å². The molecule has 2 N–H and O–H groups in total. The van der Waals surface area contributed by atoms with E-state index in [1.165, 1.54) is 11.1 Å². The predicted molar refractivity (Wildman–Crippen MR) is 127 cm³/mol. The Morgan fingerprint density at radius 2 is 1.32 bits per heavy atom. The molecule has 0 spiro atoms. The van der Waals surface area contributed by atoms with Crippen LogP contribution in [0.2, 0.25) is 0 Å². The van der Waals surface area contributed by atoms with Crippen molar-refractivity contribution < 1.29 is 5.11 Å². The van der Waals surface area contributed by atoms with Crippen LogP contribution in [0.3, 0.4) is 0 Å². The summed E-state index contributed by atoms with van der Waals surface area (Å²) in [5, 5.41) is 16.1. The lowest BCUT2D eigenvalue weighted by molar-refractivity contribution is -0.0749. The van der Waals surface area contributed by atoms with Crippen LogP contribution in [0.4, 0.5) is 0 Å². The number of nitrogens with one attached hydrogen (secondary N) is 1. The summed E-state index contributed by atoms with van der Waals surface area (Å²) in [7, 11) is 0. The molecule has 1 fully saturated rings. The summed E-state index contributed by atoms with van der Waals surface area (Å²) in [4.78, 5) is 0. The Morgan fingerprint density at radius 3 is 1.87 bits per heavy atom. The number of benzene rings is 3. The molecular formula is C29H31NO. The summed E-state index contributed by atoms with van der Waals surface area (Å²) in [6, 6.07) is 30.9. The number of aliphatic hydroxyl groups is 1. The maximum absolute atomic E-state index is 12.2. The first kappa shape index (κ1) is 21.4. The number of hydrogen-bond donors (Lipinski definition) is 2. The Morgan fingerprint density at radius 1 is 0.806 bits per heavy atom. The summed E-state index contributed by atoms with van der Waals surface area (Å²) in [6.45, 7) is 4.31. The van der Waals surface area contributed by atoms with E-state index in [4.69, 9.17) is 0 Å². The van der Waals surface area contributed by atoms with Crippen LogP contribution in [-0.2, 0) is 0 Å². The van der Waals surface area contributed by atoms with Gasteiger partial charge in [0.15, 0.2) is 0 Å². The van der Waals surface area contributed by atoms with E-state index in [-0.39, 0.29) is 23.9 Å². The van der Waals surface area contributed by atoms with Crippen molar-refractivity contribution in [3.63, 3.8) is 0 Å². The molecule has 0 saturated carbocycles. The Bertz CT molecular complexity index is 1020. The van der Waals surface area contributed by atoms with Crippen LogP contribution in [0.1, 0.15) is 55.5 Å². The van der Waals surface area contributed by atoms with Gasteiger partial charge in [-0.2, -0.15) is 0 Å². The van der Waals surface area contributed by atoms with Gasteiger partial charge in [0.2, 0.25) is 0 Å². The summed E-state index contributed by atoms with van der Waals surface area (Å²) in [5.41, 5.74) is 2.21. The molecule has 1 heterocycles. The predicted octanol–water partition coefficient (Wildman–Crippen LogP) is 5.91. The zero-order valence-electron chi connectivity index (χ0n) is 18.3. The Kier molecular flexibility index (Phi) is 6.56. The Balaban J connectivity index is 1.82. The van der Waals surface area contributed by atoms with Crippen LogP contribution in [0.5, 0.6) is 0 Å². The van der Waals surface area contributed by atoms with Gasteiger partial charge in [0.05, 0.1) is 0 Å². The molecule has 4 rings (SSSR count). The second-order valence-corrected chi connectivity index (χ2v) is 8.57. The molecule has 0 aliphatic carbocycles. The van der Waals surface area contributed by atoms with Gasteiger partial charge >= 0.3 is 0 Å². The fourth-order valence-electron chi connectivity index (χ4n) is 4.93. The van der Waals surface area contributed by atoms with Gasteiger partial charge in [-0.15, -0.1) is 0 Å². The molecule has 0 unspecified atom stereocenters. The topological polar surface area (TPSA) is 32.3 Å². The molecule has 31 heavy (non-hydrogen) atoms. The third-order valence-corrected chi connectivity index (χ3v) is 6.62. The largest absolute Gasteiger partial charge is 0.377 e. The van der Waals surface area contributed by atoms with Crippen molar-refractivity contribution in [2.24, 2.45) is 11.8 Å². The molecule has 2 nitrogen and oxygen atoms in total. The molecule has 3 aromatic rings. The van der Waals surface area contributed by atoms with E-state index in [0.29, 0.717) is 0 Å². The standard InChI is InChI=1S/C29H31NO/c1-3-13-26-28(25-18-11-6-12-19-25)30-27(24-16-9-5-10-17-24)22(2)29(26,31)21-20-23-14-7-4-8-15-23/h4-12,14-19,22,26-28,30-31H,3,13H2,1-2H3/t22-,26-,27+,28+,29+/m1/s1. The molecule has 0 aromatic heterocycles. The zero-order valence-corrected chi connectivity index (χ0v) is 18.3. The van der Waals surface area contributed by atoms with Crippen molar-refractivity contribution in [2.75, 3.05) is 0 Å². The Labute approximate surface area is 186 Å². The first-order chi connectivity index (χ1) is 15.1. The average molecular weight is 410 g/mol. The van der Waals surface area contributed by atoms with E-state index in [2.05, 4.69) is 79.5 Å². The van der Waals surface area contributed by atoms with Crippen LogP contribution in [0.15, 0.2) is 91.0 Å². The first-order valence-electron chi connectivity index (χ1n) is 11.3. The number of rotatable bonds is 4. The monoisotopic (exact) mass is 409 g/mol. The third kappa shape index (κ3) is 4.44. The minimum absolute atomic E-state index is 0.00826. The minimum atomic E-state index is -1.11. The maximum atomic E-state index is 12.2. The number of hydrogen-bond acceptors (Lipinski definition) is 2. The highest BCUT2D eigenvalue weighted by Crippen LogP contribution is 2.48. The maximum Gasteiger partial charge on any atom is 0.134 e. The van der Waals surface area contributed by atoms with Gasteiger partial charge in [-0.05, 0) is 29.7 Å². The van der Waals surface area contributed by atoms with Crippen molar-refractivity contribution in [3.8, 4) is 11.8 Å². The van der Waals surface area contributed by atoms with E-state index in [1.54, 1.807) is 0 Å². The lowest BCUT2D eigenvalue weighted by Crippen LogP contribution is -2.58. The van der Waals surface area contributed by atoms with Crippen molar-refractivity contribution in [2.45, 2.75) is 44.4 Å². The van der Waals surface area contributed by atoms with Crippen LogP contribution in [0, 0.1) is 23.7 Å². The van der Waals surface area contributed by atoms with E-state index in [1.807, 2.05) is 42.5 Å². The summed E-state index contributed by atoms with van der Waals surface area (Å²) in [6.07, 6.45) is 1.89. The Hall–Kier alpha value is -2.86. The SMILES string of the molecule is CCC[C@@H]1[C@H](c2ccccc2)N[C@H](c2ccccc2)[C@@H](C)[C@@]1(O)C#Cc1ccccc1. The van der Waals surface area contributed by atoms with Crippen molar-refractivity contribution in [1.29, 1.82) is 0 Å². The molecule has 3 aromatic carbocycles. The fraction of sp³-hybridized carbons (Fsp3) is 0.310. The van der Waals surface area contributed by atoms with Crippen LogP contribution < -0.4 is 5.32 Å². The molecule has 0 amide bonds. The quantitative estimate of drug-likeness (QED) is 0.525. The van der Waals surface area contributed by atoms with Crippen molar-refractivity contribution >= 4 is 0 Å². The fourth-order valence-corrected chi connectivity index (χ4v) is 4.93. The summed E-state index contributed by atoms with van der Waals surface area (Å²) >= 11 is 0. The van der Waals surface area contributed by atoms with E-state index >= 15 is 0 Å². The second kappa shape index (κ2) is 9.52. The van der Waals surface area contributed by atoms with Gasteiger partial charge < -0.3 is 10.4 Å². The van der Waals surface area contributed by atoms with E-state index in [0.717, 1.165) is 18.4 Å². The van der Waals surface area contributed by atoms with Gasteiger partial charge in [-0.1, -0.05) is 111 Å². The van der Waals surface area contributed by atoms with Gasteiger partial charge in [0, 0.05) is 29.5 Å². The van der Waals surface area contributed by atoms with Gasteiger partial charge in [-0.3, -0.25) is 0 Å². The van der Waals surface area contributed by atoms with Crippen LogP contribution >= 0.6 is 0 Å². The zero-order chi connectivity index (χ0) is 21.7. The van der Waals surface area contributed by atoms with Gasteiger partial charge in [0.25, 0.3) is 0 Å². The molecule has 1 aliphatic heterocycles. The molecule has 1 aliphatic rings. The van der Waals surface area contributed by atoms with E-state index in [9.17, 15) is 5.11 Å². The van der Waals surface area contributed by atoms with Gasteiger partial charge in [0.1, 0.15) is 5.60 Å². The minimum Gasteiger partial charge on any atom is -0.377 e. The second-order valence-electron chi connectivity index (χ2n) is 8.57. The molecule has 0 bridgehead atoms. The first-order valence-corrected chi connectivity index (χ1v) is 11.3.